The summed E-state index contributed by atoms with van der Waals surface area (Å²) in [4.78, 5) is 0. The first kappa shape index (κ1) is 33.4. The topological polar surface area (TPSA) is 0 Å². The van der Waals surface area contributed by atoms with E-state index in [4.69, 9.17) is 0 Å². The van der Waals surface area contributed by atoms with Crippen molar-refractivity contribution in [1.29, 1.82) is 0 Å². The zero-order valence-corrected chi connectivity index (χ0v) is 33.3. The molecule has 0 fully saturated rings. The minimum atomic E-state index is -0.138. The highest BCUT2D eigenvalue weighted by molar-refractivity contribution is 6.25. The molecule has 0 saturated carbocycles. The molecule has 10 aromatic carbocycles. The van der Waals surface area contributed by atoms with Crippen LogP contribution in [0.4, 0.5) is 0 Å². The molecule has 0 aromatic heterocycles. The van der Waals surface area contributed by atoms with Crippen LogP contribution in [0.2, 0.25) is 0 Å². The Balaban J connectivity index is 1.19. The number of hydrogen-bond donors (Lipinski definition) is 0. The Hall–Kier alpha value is -6.76. The molecule has 0 heterocycles. The highest BCUT2D eigenvalue weighted by Gasteiger charge is 2.38. The van der Waals surface area contributed by atoms with E-state index in [1.165, 1.54) is 121 Å². The molecule has 0 N–H and O–H groups in total. The normalized spacial score (nSPS) is 14.5. The predicted octanol–water partition coefficient (Wildman–Crippen LogP) is 15.9. The summed E-state index contributed by atoms with van der Waals surface area (Å²) in [5.41, 5.74) is 18.5. The summed E-state index contributed by atoms with van der Waals surface area (Å²) in [6.07, 6.45) is 0. The van der Waals surface area contributed by atoms with Gasteiger partial charge in [0.1, 0.15) is 0 Å². The molecule has 0 heteroatoms. The number of fused-ring (bicyclic) bond motifs is 11. The van der Waals surface area contributed by atoms with E-state index in [-0.39, 0.29) is 10.8 Å². The Morgan fingerprint density at radius 3 is 1.55 bits per heavy atom. The summed E-state index contributed by atoms with van der Waals surface area (Å²) in [7, 11) is 0. The molecule has 2 aliphatic rings. The fourth-order valence-corrected chi connectivity index (χ4v) is 10.9. The minimum absolute atomic E-state index is 0.0723. The first-order valence-corrected chi connectivity index (χ1v) is 20.7. The fourth-order valence-electron chi connectivity index (χ4n) is 10.9. The Morgan fingerprint density at radius 1 is 0.259 bits per heavy atom. The first-order chi connectivity index (χ1) is 28.3. The maximum absolute atomic E-state index is 2.55. The fraction of sp³-hybridized carbons (Fsp3) is 0.103. The third kappa shape index (κ3) is 4.52. The lowest BCUT2D eigenvalue weighted by Gasteiger charge is -2.25. The van der Waals surface area contributed by atoms with Crippen LogP contribution in [-0.2, 0) is 10.8 Å². The minimum Gasteiger partial charge on any atom is -0.0619 e. The van der Waals surface area contributed by atoms with E-state index in [0.717, 1.165) is 0 Å². The Labute approximate surface area is 340 Å². The predicted molar refractivity (Wildman–Crippen MR) is 248 cm³/mol. The Kier molecular flexibility index (Phi) is 6.84. The van der Waals surface area contributed by atoms with Crippen LogP contribution >= 0.6 is 0 Å². The van der Waals surface area contributed by atoms with Gasteiger partial charge in [0.2, 0.25) is 0 Å². The molecule has 0 spiro atoms. The van der Waals surface area contributed by atoms with Crippen LogP contribution in [0.15, 0.2) is 182 Å². The summed E-state index contributed by atoms with van der Waals surface area (Å²) >= 11 is 0. The van der Waals surface area contributed by atoms with Crippen LogP contribution in [-0.4, -0.2) is 0 Å². The van der Waals surface area contributed by atoms with Crippen molar-refractivity contribution < 1.29 is 0 Å². The number of hydrogen-bond acceptors (Lipinski definition) is 0. The van der Waals surface area contributed by atoms with Crippen molar-refractivity contribution in [1.82, 2.24) is 0 Å². The second-order valence-corrected chi connectivity index (χ2v) is 17.6. The van der Waals surface area contributed by atoms with Gasteiger partial charge in [0, 0.05) is 10.8 Å². The molecule has 0 amide bonds. The molecule has 274 valence electrons. The van der Waals surface area contributed by atoms with Gasteiger partial charge in [-0.2, -0.15) is 0 Å². The second-order valence-electron chi connectivity index (χ2n) is 17.6. The van der Waals surface area contributed by atoms with E-state index >= 15 is 0 Å². The van der Waals surface area contributed by atoms with Crippen molar-refractivity contribution in [2.24, 2.45) is 0 Å². The average Bonchev–Trinajstić information content (AvgIpc) is 3.64. The summed E-state index contributed by atoms with van der Waals surface area (Å²) in [5, 5.41) is 10.2. The second kappa shape index (κ2) is 11.9. The molecule has 0 nitrogen and oxygen atoms in total. The van der Waals surface area contributed by atoms with Gasteiger partial charge < -0.3 is 0 Å². The van der Waals surface area contributed by atoms with Gasteiger partial charge >= 0.3 is 0 Å². The molecule has 0 unspecified atom stereocenters. The van der Waals surface area contributed by atoms with Crippen molar-refractivity contribution in [3.63, 3.8) is 0 Å². The molecule has 0 atom stereocenters. The summed E-state index contributed by atoms with van der Waals surface area (Å²) < 4.78 is 0. The lowest BCUT2D eigenvalue weighted by atomic mass is 9.78. The molecule has 12 rings (SSSR count). The van der Waals surface area contributed by atoms with Gasteiger partial charge in [-0.05, 0) is 145 Å². The molecular formula is C58H42. The van der Waals surface area contributed by atoms with E-state index in [1.54, 1.807) is 0 Å². The SMILES string of the molecule is CC1(C)c2ccccc2-c2ccc(-c3ccc4c(-c5ccc6ccccc6c5)c5ccccc5c(-c5cc6c(c7ccccc57)-c5ccccc5C6(C)C)c4c3)cc21. The highest BCUT2D eigenvalue weighted by Crippen LogP contribution is 2.55. The molecule has 58 heavy (non-hydrogen) atoms. The molecule has 2 aliphatic carbocycles. The van der Waals surface area contributed by atoms with Crippen LogP contribution < -0.4 is 0 Å². The first-order valence-electron chi connectivity index (χ1n) is 20.7. The standard InChI is InChI=1S/C58H42/c1-57(2)50-23-13-11-18-41(50)42-29-27-38(33-52(42)57)37-28-30-46-48(32-37)55(45-21-10-9-20-44(45)54(46)39-26-25-35-15-5-6-16-36(35)31-39)49-34-53-56(43-19-8-7-17-40(43)49)47-22-12-14-24-51(47)58(53,3)4/h5-34H,1-4H3. The number of benzene rings is 10. The summed E-state index contributed by atoms with van der Waals surface area (Å²) in [6, 6.07) is 68.9. The van der Waals surface area contributed by atoms with Crippen molar-refractivity contribution in [3.05, 3.63) is 204 Å². The smallest absolute Gasteiger partial charge is 0.0159 e. The van der Waals surface area contributed by atoms with E-state index in [9.17, 15) is 0 Å². The monoisotopic (exact) mass is 738 g/mol. The van der Waals surface area contributed by atoms with E-state index < -0.39 is 0 Å². The van der Waals surface area contributed by atoms with Crippen molar-refractivity contribution in [2.75, 3.05) is 0 Å². The molecule has 0 radical (unpaired) electrons. The van der Waals surface area contributed by atoms with E-state index in [2.05, 4.69) is 210 Å². The van der Waals surface area contributed by atoms with Gasteiger partial charge in [-0.15, -0.1) is 0 Å². The maximum atomic E-state index is 2.55. The lowest BCUT2D eigenvalue weighted by molar-refractivity contribution is 0.660. The molecule has 0 saturated heterocycles. The van der Waals surface area contributed by atoms with Gasteiger partial charge in [0.25, 0.3) is 0 Å². The third-order valence-electron chi connectivity index (χ3n) is 13.8. The zero-order valence-electron chi connectivity index (χ0n) is 33.3. The van der Waals surface area contributed by atoms with Crippen LogP contribution in [0.5, 0.6) is 0 Å². The summed E-state index contributed by atoms with van der Waals surface area (Å²) in [6.45, 7) is 9.56. The van der Waals surface area contributed by atoms with Gasteiger partial charge in [0.15, 0.2) is 0 Å². The van der Waals surface area contributed by atoms with E-state index in [0.29, 0.717) is 0 Å². The van der Waals surface area contributed by atoms with Crippen LogP contribution in [0.3, 0.4) is 0 Å². The van der Waals surface area contributed by atoms with Crippen LogP contribution in [0.1, 0.15) is 49.9 Å². The average molecular weight is 739 g/mol. The molecule has 0 aliphatic heterocycles. The molecular weight excluding hydrogens is 697 g/mol. The van der Waals surface area contributed by atoms with E-state index in [1.807, 2.05) is 0 Å². The van der Waals surface area contributed by atoms with Gasteiger partial charge in [-0.1, -0.05) is 185 Å². The van der Waals surface area contributed by atoms with Gasteiger partial charge in [-0.25, -0.2) is 0 Å². The van der Waals surface area contributed by atoms with Gasteiger partial charge in [0.05, 0.1) is 0 Å². The quantitative estimate of drug-likeness (QED) is 0.158. The summed E-state index contributed by atoms with van der Waals surface area (Å²) in [5.74, 6) is 0. The van der Waals surface area contributed by atoms with Crippen LogP contribution in [0, 0.1) is 0 Å². The molecule has 10 aromatic rings. The third-order valence-corrected chi connectivity index (χ3v) is 13.8. The van der Waals surface area contributed by atoms with Gasteiger partial charge in [-0.3, -0.25) is 0 Å². The zero-order chi connectivity index (χ0) is 38.9. The van der Waals surface area contributed by atoms with Crippen molar-refractivity contribution >= 4 is 43.1 Å². The molecule has 0 bridgehead atoms. The largest absolute Gasteiger partial charge is 0.0619 e. The maximum Gasteiger partial charge on any atom is 0.0159 e. The lowest BCUT2D eigenvalue weighted by Crippen LogP contribution is -2.15. The Morgan fingerprint density at radius 2 is 0.776 bits per heavy atom. The number of rotatable bonds is 3. The van der Waals surface area contributed by atoms with Crippen LogP contribution in [0.25, 0.3) is 98.7 Å². The van der Waals surface area contributed by atoms with Crippen molar-refractivity contribution in [2.45, 2.75) is 38.5 Å². The Bertz CT molecular complexity index is 3390. The van der Waals surface area contributed by atoms with Crippen molar-refractivity contribution in [3.8, 4) is 55.6 Å². The highest BCUT2D eigenvalue weighted by atomic mass is 14.4.